The Bertz CT molecular complexity index is 1100. The molecule has 322 valence electrons. The molecule has 0 bridgehead atoms. The van der Waals surface area contributed by atoms with Gasteiger partial charge in [0.15, 0.2) is 0 Å². The lowest BCUT2D eigenvalue weighted by Gasteiger charge is -2.30. The molecule has 1 aliphatic heterocycles. The number of quaternary nitrogens is 1. The van der Waals surface area contributed by atoms with Gasteiger partial charge in [-0.25, -0.2) is 4.57 Å². The lowest BCUT2D eigenvalue weighted by Crippen LogP contribution is -2.47. The van der Waals surface area contributed by atoms with Gasteiger partial charge in [0.25, 0.3) is 0 Å². The van der Waals surface area contributed by atoms with Crippen molar-refractivity contribution in [2.24, 2.45) is 0 Å². The van der Waals surface area contributed by atoms with Crippen LogP contribution in [0.3, 0.4) is 0 Å². The summed E-state index contributed by atoms with van der Waals surface area (Å²) in [6.45, 7) is 1.78. The number of nitrogens with one attached hydrogen (secondary N) is 1. The fraction of sp³-hybridized carbons (Fsp3) is 0.895. The summed E-state index contributed by atoms with van der Waals surface area (Å²) in [6.07, 6.45) is 17.7. The molecule has 1 aliphatic rings. The van der Waals surface area contributed by atoms with Gasteiger partial charge in [0.05, 0.1) is 40.8 Å². The zero-order chi connectivity index (χ0) is 41.0. The highest BCUT2D eigenvalue weighted by Gasteiger charge is 2.32. The molecule has 1 saturated heterocycles. The van der Waals surface area contributed by atoms with Gasteiger partial charge in [0.2, 0.25) is 5.91 Å². The summed E-state index contributed by atoms with van der Waals surface area (Å²) in [5, 5.41) is 41.7. The normalized spacial score (nSPS) is 16.8. The fourth-order valence-electron chi connectivity index (χ4n) is 6.51. The second-order valence-electron chi connectivity index (χ2n) is 15.8. The summed E-state index contributed by atoms with van der Waals surface area (Å²) in [5.41, 5.74) is 0. The van der Waals surface area contributed by atoms with Gasteiger partial charge in [0, 0.05) is 45.7 Å². The third-order valence-electron chi connectivity index (χ3n) is 9.81. The van der Waals surface area contributed by atoms with E-state index >= 15 is 0 Å². The van der Waals surface area contributed by atoms with Crippen molar-refractivity contribution in [2.45, 2.75) is 122 Å². The van der Waals surface area contributed by atoms with Crippen LogP contribution in [0.2, 0.25) is 0 Å². The van der Waals surface area contributed by atoms with E-state index in [1.54, 1.807) is 14.7 Å². The summed E-state index contributed by atoms with van der Waals surface area (Å²) >= 11 is 0. The molecule has 0 saturated carbocycles. The first kappa shape index (κ1) is 50.8. The number of carboxylic acids is 3. The van der Waals surface area contributed by atoms with Gasteiger partial charge < -0.3 is 24.9 Å². The van der Waals surface area contributed by atoms with Gasteiger partial charge in [-0.1, -0.05) is 96.3 Å². The van der Waals surface area contributed by atoms with E-state index in [2.05, 4.69) is 5.09 Å². The van der Waals surface area contributed by atoms with Crippen LogP contribution in [0.15, 0.2) is 0 Å². The number of aliphatic carboxylic acids is 3. The summed E-state index contributed by atoms with van der Waals surface area (Å²) in [5.74, 6) is -3.93. The number of carboxylic acid groups (broad SMARTS) is 3. The topological polar surface area (TPSA) is 209 Å². The van der Waals surface area contributed by atoms with E-state index < -0.39 is 37.6 Å². The maximum Gasteiger partial charge on any atom is 0.435 e. The molecule has 1 fully saturated rings. The number of likely N-dealkylation sites (N-methyl/N-ethyl adjacent to an activating group) is 1. The minimum atomic E-state index is -4.04. The van der Waals surface area contributed by atoms with Crippen LogP contribution in [0.4, 0.5) is 0 Å². The van der Waals surface area contributed by atoms with E-state index in [-0.39, 0.29) is 71.9 Å². The second kappa shape index (κ2) is 30.0. The van der Waals surface area contributed by atoms with Gasteiger partial charge in [-0.2, -0.15) is 0 Å². The van der Waals surface area contributed by atoms with Crippen LogP contribution < -0.4 is 10.2 Å². The lowest BCUT2D eigenvalue weighted by molar-refractivity contribution is -0.870. The third kappa shape index (κ3) is 28.0. The lowest BCUT2D eigenvalue weighted by atomic mass is 10.0. The maximum absolute atomic E-state index is 13.7. The van der Waals surface area contributed by atoms with E-state index in [0.29, 0.717) is 30.5 Å². The number of carbonyl (C=O) groups excluding carboxylic acids is 1. The Labute approximate surface area is 330 Å². The number of hydrogen-bond acceptors (Lipinski definition) is 11. The molecular formula is C38H74N5O11P. The Morgan fingerprint density at radius 3 is 1.45 bits per heavy atom. The number of unbranched alkanes of at least 4 members (excludes halogenated alkanes) is 15. The molecule has 1 amide bonds. The smallest absolute Gasteiger partial charge is 0.435 e. The standard InChI is InChI=1S/C38H74N5O11P/c1-43(2,3)28-31-54-55(52,53-30-19-17-15-13-11-9-7-5-4-6-8-10-12-14-16-18-29-44)39-35(45)21-20-34(38(50)51)42-26-24-40(32-36(46)47)22-23-41(25-27-42)33-37(48)49/h34H,4-33H2,1-3H3,(H,46,47)(H,48,49)(H,50,51)(H,39,45,52). The molecule has 4 N–H and O–H groups in total. The average molecular weight is 808 g/mol. The Balaban J connectivity index is 2.58. The van der Waals surface area contributed by atoms with E-state index in [4.69, 9.17) is 9.05 Å². The Hall–Kier alpha value is -2.17. The minimum Gasteiger partial charge on any atom is -0.854 e. The van der Waals surface area contributed by atoms with Crippen LogP contribution in [-0.4, -0.2) is 164 Å². The van der Waals surface area contributed by atoms with Gasteiger partial charge in [-0.3, -0.25) is 48.0 Å². The summed E-state index contributed by atoms with van der Waals surface area (Å²) in [7, 11) is 1.83. The van der Waals surface area contributed by atoms with Crippen molar-refractivity contribution in [1.29, 1.82) is 0 Å². The molecule has 0 radical (unpaired) electrons. The van der Waals surface area contributed by atoms with E-state index in [1.807, 2.05) is 21.1 Å². The van der Waals surface area contributed by atoms with Crippen molar-refractivity contribution >= 4 is 31.6 Å². The molecule has 0 aliphatic carbocycles. The monoisotopic (exact) mass is 808 g/mol. The number of nitrogens with zero attached hydrogens (tertiary/aromatic N) is 4. The molecule has 1 heterocycles. The van der Waals surface area contributed by atoms with Crippen molar-refractivity contribution in [1.82, 2.24) is 19.8 Å². The molecule has 55 heavy (non-hydrogen) atoms. The van der Waals surface area contributed by atoms with E-state index in [1.165, 1.54) is 64.2 Å². The molecule has 16 nitrogen and oxygen atoms in total. The highest BCUT2D eigenvalue weighted by Crippen LogP contribution is 2.44. The summed E-state index contributed by atoms with van der Waals surface area (Å²) in [4.78, 5) is 53.3. The molecular weight excluding hydrogens is 733 g/mol. The van der Waals surface area contributed by atoms with Gasteiger partial charge in [0.1, 0.15) is 19.2 Å². The maximum atomic E-state index is 13.7. The number of hydrogen-bond donors (Lipinski definition) is 4. The summed E-state index contributed by atoms with van der Waals surface area (Å²) in [6, 6.07) is -1.12. The zero-order valence-corrected chi connectivity index (χ0v) is 35.0. The quantitative estimate of drug-likeness (QED) is 0.0422. The van der Waals surface area contributed by atoms with Crippen LogP contribution in [0.25, 0.3) is 0 Å². The van der Waals surface area contributed by atoms with Crippen molar-refractivity contribution in [2.75, 3.05) is 99.9 Å². The van der Waals surface area contributed by atoms with E-state index in [9.17, 15) is 44.2 Å². The molecule has 0 aromatic rings. The predicted octanol–water partition coefficient (Wildman–Crippen LogP) is 3.87. The highest BCUT2D eigenvalue weighted by molar-refractivity contribution is 7.52. The third-order valence-corrected chi connectivity index (χ3v) is 11.4. The molecule has 0 aromatic carbocycles. The predicted molar refractivity (Wildman–Crippen MR) is 210 cm³/mol. The van der Waals surface area contributed by atoms with Crippen molar-refractivity contribution in [3.05, 3.63) is 0 Å². The van der Waals surface area contributed by atoms with Crippen molar-refractivity contribution < 1.29 is 57.7 Å². The van der Waals surface area contributed by atoms with Gasteiger partial charge in [-0.15, -0.1) is 6.61 Å². The molecule has 0 spiro atoms. The molecule has 2 unspecified atom stereocenters. The van der Waals surface area contributed by atoms with Crippen LogP contribution in [0, 0.1) is 0 Å². The molecule has 2 atom stereocenters. The zero-order valence-electron chi connectivity index (χ0n) is 34.1. The van der Waals surface area contributed by atoms with Crippen LogP contribution in [-0.2, 0) is 32.8 Å². The van der Waals surface area contributed by atoms with Gasteiger partial charge >= 0.3 is 25.7 Å². The highest BCUT2D eigenvalue weighted by atomic mass is 31.2. The van der Waals surface area contributed by atoms with Crippen molar-refractivity contribution in [3.63, 3.8) is 0 Å². The second-order valence-corrected chi connectivity index (χ2v) is 17.6. The first-order valence-corrected chi connectivity index (χ1v) is 22.1. The van der Waals surface area contributed by atoms with Crippen LogP contribution in [0.5, 0.6) is 0 Å². The number of rotatable bonds is 33. The van der Waals surface area contributed by atoms with Gasteiger partial charge in [-0.05, 0) is 12.8 Å². The average Bonchev–Trinajstić information content (AvgIpc) is 3.17. The first-order valence-electron chi connectivity index (χ1n) is 20.6. The Morgan fingerprint density at radius 1 is 0.655 bits per heavy atom. The fourth-order valence-corrected chi connectivity index (χ4v) is 7.82. The number of carbonyl (C=O) groups is 4. The molecule has 17 heteroatoms. The molecule has 1 rings (SSSR count). The largest absolute Gasteiger partial charge is 0.854 e. The van der Waals surface area contributed by atoms with E-state index in [0.717, 1.165) is 32.1 Å². The Morgan fingerprint density at radius 2 is 1.05 bits per heavy atom. The van der Waals surface area contributed by atoms with Crippen LogP contribution >= 0.6 is 7.75 Å². The first-order chi connectivity index (χ1) is 26.1. The van der Waals surface area contributed by atoms with Crippen molar-refractivity contribution in [3.8, 4) is 0 Å². The summed E-state index contributed by atoms with van der Waals surface area (Å²) < 4.78 is 25.6. The molecule has 0 aromatic heterocycles. The Kier molecular flexibility index (Phi) is 27.7. The minimum absolute atomic E-state index is 0.0533. The number of amides is 1. The van der Waals surface area contributed by atoms with Crippen LogP contribution in [0.1, 0.15) is 116 Å². The SMILES string of the molecule is C[N+](C)(C)CCOP(=O)(NC(=O)CCC(C(=O)O)N1CCN(CC(=O)O)CCN(CC(=O)O)CC1)OCCCCCCCCCCCCCCCCCC[O-].